The molecule has 0 heterocycles. The van der Waals surface area contributed by atoms with Crippen LogP contribution in [0, 0.1) is 39.9 Å². The summed E-state index contributed by atoms with van der Waals surface area (Å²) < 4.78 is 0. The molecule has 1 heteroatoms. The van der Waals surface area contributed by atoms with Gasteiger partial charge in [-0.25, -0.2) is 0 Å². The molecule has 0 bridgehead atoms. The predicted octanol–water partition coefficient (Wildman–Crippen LogP) is 6.33. The van der Waals surface area contributed by atoms with E-state index in [0.29, 0.717) is 11.1 Å². The van der Waals surface area contributed by atoms with E-state index in [4.69, 9.17) is 5.41 Å². The molecule has 4 aliphatic carbocycles. The van der Waals surface area contributed by atoms with Gasteiger partial charge in [-0.15, -0.1) is 0 Å². The summed E-state index contributed by atoms with van der Waals surface area (Å²) in [5, 5.41) is 8.00. The van der Waals surface area contributed by atoms with Gasteiger partial charge in [0.05, 0.1) is 5.71 Å². The number of hydrogen-bond donors (Lipinski definition) is 1. The Hall–Kier alpha value is -1.11. The summed E-state index contributed by atoms with van der Waals surface area (Å²) in [5.74, 6) is 3.30. The zero-order chi connectivity index (χ0) is 17.1. The molecular weight excluding hydrogens is 290 g/mol. The molecule has 1 N–H and O–H groups in total. The first kappa shape index (κ1) is 16.4. The lowest BCUT2D eigenvalue weighted by Crippen LogP contribution is -2.49. The minimum atomic E-state index is 0.217. The molecular formula is C23H33N. The van der Waals surface area contributed by atoms with Crippen LogP contribution in [-0.2, 0) is 0 Å². The molecule has 0 saturated heterocycles. The SMILES string of the molecule is C=C(CC)C1CCC2C3CCC4=CC(=N)C=CC4(C)C3CCC12C. The number of allylic oxidation sites excluding steroid dienone is 5. The van der Waals surface area contributed by atoms with E-state index in [1.807, 2.05) is 0 Å². The maximum absolute atomic E-state index is 8.00. The lowest BCUT2D eigenvalue weighted by atomic mass is 9.47. The number of hydrogen-bond acceptors (Lipinski definition) is 1. The van der Waals surface area contributed by atoms with Gasteiger partial charge in [0.25, 0.3) is 0 Å². The van der Waals surface area contributed by atoms with Crippen LogP contribution in [-0.4, -0.2) is 5.71 Å². The summed E-state index contributed by atoms with van der Waals surface area (Å²) in [6.07, 6.45) is 15.8. The second-order valence-corrected chi connectivity index (χ2v) is 9.34. The van der Waals surface area contributed by atoms with Gasteiger partial charge in [0.1, 0.15) is 0 Å². The fourth-order valence-corrected chi connectivity index (χ4v) is 7.14. The highest BCUT2D eigenvalue weighted by atomic mass is 14.6. The molecule has 0 aromatic heterocycles. The predicted molar refractivity (Wildman–Crippen MR) is 102 cm³/mol. The van der Waals surface area contributed by atoms with Crippen molar-refractivity contribution in [2.75, 3.05) is 0 Å². The van der Waals surface area contributed by atoms with E-state index >= 15 is 0 Å². The maximum atomic E-state index is 8.00. The molecule has 6 unspecified atom stereocenters. The van der Waals surface area contributed by atoms with Crippen LogP contribution in [0.1, 0.15) is 65.7 Å². The van der Waals surface area contributed by atoms with E-state index < -0.39 is 0 Å². The van der Waals surface area contributed by atoms with Gasteiger partial charge < -0.3 is 5.41 Å². The minimum Gasteiger partial charge on any atom is -0.301 e. The van der Waals surface area contributed by atoms with Crippen molar-refractivity contribution in [3.8, 4) is 0 Å². The molecule has 0 spiro atoms. The van der Waals surface area contributed by atoms with Crippen molar-refractivity contribution in [1.82, 2.24) is 0 Å². The van der Waals surface area contributed by atoms with E-state index in [9.17, 15) is 0 Å². The second-order valence-electron chi connectivity index (χ2n) is 9.34. The van der Waals surface area contributed by atoms with Gasteiger partial charge in [-0.1, -0.05) is 44.6 Å². The normalized spacial score (nSPS) is 46.8. The minimum absolute atomic E-state index is 0.217. The first-order valence-corrected chi connectivity index (χ1v) is 10.1. The fraction of sp³-hybridized carbons (Fsp3) is 0.696. The molecule has 0 amide bonds. The highest BCUT2D eigenvalue weighted by Crippen LogP contribution is 2.66. The van der Waals surface area contributed by atoms with E-state index in [2.05, 4.69) is 45.6 Å². The Bertz CT molecular complexity index is 638. The Kier molecular flexibility index (Phi) is 3.71. The summed E-state index contributed by atoms with van der Waals surface area (Å²) in [6.45, 7) is 11.8. The Balaban J connectivity index is 1.66. The van der Waals surface area contributed by atoms with E-state index in [-0.39, 0.29) is 5.41 Å². The van der Waals surface area contributed by atoms with E-state index in [1.54, 1.807) is 0 Å². The third-order valence-electron chi connectivity index (χ3n) is 8.53. The average Bonchev–Trinajstić information content (AvgIpc) is 2.92. The molecule has 4 rings (SSSR count). The van der Waals surface area contributed by atoms with Crippen molar-refractivity contribution in [3.63, 3.8) is 0 Å². The molecule has 0 aliphatic heterocycles. The Morgan fingerprint density at radius 2 is 2.00 bits per heavy atom. The van der Waals surface area contributed by atoms with Crippen molar-refractivity contribution in [2.24, 2.45) is 34.5 Å². The Labute approximate surface area is 147 Å². The smallest absolute Gasteiger partial charge is 0.0536 e. The summed E-state index contributed by atoms with van der Waals surface area (Å²) in [7, 11) is 0. The first-order chi connectivity index (χ1) is 11.4. The van der Waals surface area contributed by atoms with Gasteiger partial charge in [-0.05, 0) is 86.2 Å². The topological polar surface area (TPSA) is 23.9 Å². The Morgan fingerprint density at radius 3 is 2.75 bits per heavy atom. The van der Waals surface area contributed by atoms with E-state index in [1.165, 1.54) is 49.7 Å². The third-order valence-corrected chi connectivity index (χ3v) is 8.53. The molecule has 3 fully saturated rings. The van der Waals surface area contributed by atoms with Gasteiger partial charge in [-0.3, -0.25) is 0 Å². The van der Waals surface area contributed by atoms with Crippen LogP contribution in [0.3, 0.4) is 0 Å². The zero-order valence-electron chi connectivity index (χ0n) is 15.7. The van der Waals surface area contributed by atoms with Crippen molar-refractivity contribution in [3.05, 3.63) is 36.0 Å². The van der Waals surface area contributed by atoms with Crippen LogP contribution in [0.5, 0.6) is 0 Å². The highest BCUT2D eigenvalue weighted by molar-refractivity contribution is 6.03. The van der Waals surface area contributed by atoms with Gasteiger partial charge in [0.15, 0.2) is 0 Å². The largest absolute Gasteiger partial charge is 0.301 e. The van der Waals surface area contributed by atoms with Crippen LogP contribution >= 0.6 is 0 Å². The molecule has 0 aromatic carbocycles. The van der Waals surface area contributed by atoms with Crippen LogP contribution in [0.2, 0.25) is 0 Å². The molecule has 130 valence electrons. The highest BCUT2D eigenvalue weighted by Gasteiger charge is 2.58. The molecule has 0 aromatic rings. The van der Waals surface area contributed by atoms with Crippen LogP contribution in [0.15, 0.2) is 36.0 Å². The molecule has 24 heavy (non-hydrogen) atoms. The van der Waals surface area contributed by atoms with E-state index in [0.717, 1.165) is 30.1 Å². The number of fused-ring (bicyclic) bond motifs is 5. The quantitative estimate of drug-likeness (QED) is 0.574. The molecule has 6 atom stereocenters. The third kappa shape index (κ3) is 2.09. The summed E-state index contributed by atoms with van der Waals surface area (Å²) in [5.41, 5.74) is 4.45. The number of rotatable bonds is 2. The van der Waals surface area contributed by atoms with Crippen molar-refractivity contribution in [2.45, 2.75) is 65.7 Å². The van der Waals surface area contributed by atoms with Gasteiger partial charge in [0, 0.05) is 5.41 Å². The molecule has 3 saturated carbocycles. The average molecular weight is 324 g/mol. The standard InChI is InChI=1S/C23H33N/c1-5-15(2)19-8-9-20-18-7-6-16-14-17(24)10-12-22(16,3)21(18)11-13-23(19,20)4/h10,12,14,18-21,24H,2,5-9,11,13H2,1,3-4H3. The zero-order valence-corrected chi connectivity index (χ0v) is 15.7. The maximum Gasteiger partial charge on any atom is 0.0536 e. The summed E-state index contributed by atoms with van der Waals surface area (Å²) in [4.78, 5) is 0. The van der Waals surface area contributed by atoms with Crippen LogP contribution in [0.4, 0.5) is 0 Å². The summed E-state index contributed by atoms with van der Waals surface area (Å²) >= 11 is 0. The monoisotopic (exact) mass is 323 g/mol. The Morgan fingerprint density at radius 1 is 1.21 bits per heavy atom. The van der Waals surface area contributed by atoms with Crippen molar-refractivity contribution < 1.29 is 0 Å². The summed E-state index contributed by atoms with van der Waals surface area (Å²) in [6, 6.07) is 0. The van der Waals surface area contributed by atoms with Gasteiger partial charge >= 0.3 is 0 Å². The van der Waals surface area contributed by atoms with Crippen molar-refractivity contribution >= 4 is 5.71 Å². The molecule has 1 nitrogen and oxygen atoms in total. The van der Waals surface area contributed by atoms with Crippen LogP contribution < -0.4 is 0 Å². The fourth-order valence-electron chi connectivity index (χ4n) is 7.14. The van der Waals surface area contributed by atoms with Gasteiger partial charge in [0.2, 0.25) is 0 Å². The number of nitrogens with one attached hydrogen (secondary N) is 1. The van der Waals surface area contributed by atoms with Gasteiger partial charge in [-0.2, -0.15) is 0 Å². The van der Waals surface area contributed by atoms with Crippen molar-refractivity contribution in [1.29, 1.82) is 5.41 Å². The molecule has 4 aliphatic rings. The first-order valence-electron chi connectivity index (χ1n) is 10.1. The lowest BCUT2D eigenvalue weighted by molar-refractivity contribution is -0.0278. The second kappa shape index (κ2) is 5.44. The lowest BCUT2D eigenvalue weighted by Gasteiger charge is -2.57. The van der Waals surface area contributed by atoms with Crippen LogP contribution in [0.25, 0.3) is 0 Å². The molecule has 0 radical (unpaired) electrons.